The second-order valence-corrected chi connectivity index (χ2v) is 3.70. The minimum atomic E-state index is 0.672. The highest BCUT2D eigenvalue weighted by Gasteiger charge is 2.02. The summed E-state index contributed by atoms with van der Waals surface area (Å²) in [6, 6.07) is 0. The van der Waals surface area contributed by atoms with Gasteiger partial charge in [-0.3, -0.25) is 0 Å². The van der Waals surface area contributed by atoms with Gasteiger partial charge in [0.15, 0.2) is 0 Å². The lowest BCUT2D eigenvalue weighted by Gasteiger charge is -2.07. The zero-order chi connectivity index (χ0) is 10.4. The zero-order valence-corrected chi connectivity index (χ0v) is 10.1. The lowest BCUT2D eigenvalue weighted by molar-refractivity contribution is 0.950. The molecule has 1 heterocycles. The summed E-state index contributed by atoms with van der Waals surface area (Å²) in [7, 11) is 0. The number of halogens is 1. The first-order valence-corrected chi connectivity index (χ1v) is 5.57. The van der Waals surface area contributed by atoms with Crippen LogP contribution in [0.2, 0.25) is 0 Å². The normalized spacial score (nSPS) is 9.93. The van der Waals surface area contributed by atoms with E-state index < -0.39 is 0 Å². The first kappa shape index (κ1) is 11.2. The van der Waals surface area contributed by atoms with Gasteiger partial charge in [0.25, 0.3) is 0 Å². The van der Waals surface area contributed by atoms with Crippen molar-refractivity contribution < 1.29 is 0 Å². The van der Waals surface area contributed by atoms with E-state index in [1.54, 1.807) is 6.20 Å². The van der Waals surface area contributed by atoms with Crippen LogP contribution < -0.4 is 10.6 Å². The molecule has 0 saturated heterocycles. The second-order valence-electron chi connectivity index (χ2n) is 2.85. The van der Waals surface area contributed by atoms with Crippen LogP contribution in [0.4, 0.5) is 11.8 Å². The van der Waals surface area contributed by atoms with Crippen molar-refractivity contribution in [2.24, 2.45) is 0 Å². The topological polar surface area (TPSA) is 49.8 Å². The van der Waals surface area contributed by atoms with Crippen LogP contribution in [0.5, 0.6) is 0 Å². The van der Waals surface area contributed by atoms with E-state index in [1.807, 2.05) is 6.92 Å². The van der Waals surface area contributed by atoms with Crippen LogP contribution in [0.15, 0.2) is 10.7 Å². The molecule has 2 N–H and O–H groups in total. The fourth-order valence-corrected chi connectivity index (χ4v) is 1.31. The SMILES string of the molecule is CCCNc1ncc(Br)c(NCC)n1. The van der Waals surface area contributed by atoms with Crippen LogP contribution in [0.1, 0.15) is 20.3 Å². The minimum absolute atomic E-state index is 0.672. The molecule has 0 aromatic carbocycles. The third-order valence-electron chi connectivity index (χ3n) is 1.62. The van der Waals surface area contributed by atoms with Crippen LogP contribution in [0.3, 0.4) is 0 Å². The molecule has 0 amide bonds. The fraction of sp³-hybridized carbons (Fsp3) is 0.556. The van der Waals surface area contributed by atoms with Crippen molar-refractivity contribution in [1.29, 1.82) is 0 Å². The fourth-order valence-electron chi connectivity index (χ4n) is 0.981. The Balaban J connectivity index is 2.72. The molecule has 1 rings (SSSR count). The van der Waals surface area contributed by atoms with Gasteiger partial charge >= 0.3 is 0 Å². The van der Waals surface area contributed by atoms with E-state index in [4.69, 9.17) is 0 Å². The van der Waals surface area contributed by atoms with Gasteiger partial charge in [0.1, 0.15) is 5.82 Å². The Kier molecular flexibility index (Phi) is 4.65. The Hall–Kier alpha value is -0.840. The second kappa shape index (κ2) is 5.80. The largest absolute Gasteiger partial charge is 0.369 e. The Morgan fingerprint density at radius 1 is 1.36 bits per heavy atom. The predicted molar refractivity (Wildman–Crippen MR) is 62.7 cm³/mol. The van der Waals surface area contributed by atoms with Gasteiger partial charge in [0.05, 0.1) is 4.47 Å². The smallest absolute Gasteiger partial charge is 0.224 e. The number of hydrogen-bond donors (Lipinski definition) is 2. The molecule has 0 unspecified atom stereocenters. The summed E-state index contributed by atoms with van der Waals surface area (Å²) in [5.41, 5.74) is 0. The molecule has 0 saturated carbocycles. The third-order valence-corrected chi connectivity index (χ3v) is 2.20. The Labute approximate surface area is 92.7 Å². The van der Waals surface area contributed by atoms with E-state index in [9.17, 15) is 0 Å². The molecule has 4 nitrogen and oxygen atoms in total. The molecule has 0 aliphatic carbocycles. The van der Waals surface area contributed by atoms with Crippen molar-refractivity contribution >= 4 is 27.7 Å². The van der Waals surface area contributed by atoms with Crippen LogP contribution in [0.25, 0.3) is 0 Å². The van der Waals surface area contributed by atoms with Crippen molar-refractivity contribution in [2.45, 2.75) is 20.3 Å². The van der Waals surface area contributed by atoms with E-state index in [0.717, 1.165) is 29.8 Å². The molecule has 0 aliphatic heterocycles. The summed E-state index contributed by atoms with van der Waals surface area (Å²) in [4.78, 5) is 8.47. The monoisotopic (exact) mass is 258 g/mol. The molecule has 1 aromatic rings. The highest BCUT2D eigenvalue weighted by molar-refractivity contribution is 9.10. The molecule has 0 radical (unpaired) electrons. The van der Waals surface area contributed by atoms with E-state index in [2.05, 4.69) is 43.5 Å². The van der Waals surface area contributed by atoms with Crippen molar-refractivity contribution in [1.82, 2.24) is 9.97 Å². The Bertz CT molecular complexity index is 290. The van der Waals surface area contributed by atoms with Crippen molar-refractivity contribution in [2.75, 3.05) is 23.7 Å². The van der Waals surface area contributed by atoms with Gasteiger partial charge < -0.3 is 10.6 Å². The van der Waals surface area contributed by atoms with Gasteiger partial charge in [0.2, 0.25) is 5.95 Å². The van der Waals surface area contributed by atoms with Crippen LogP contribution in [-0.4, -0.2) is 23.1 Å². The highest BCUT2D eigenvalue weighted by atomic mass is 79.9. The van der Waals surface area contributed by atoms with Gasteiger partial charge in [-0.1, -0.05) is 6.92 Å². The van der Waals surface area contributed by atoms with Crippen molar-refractivity contribution in [3.8, 4) is 0 Å². The van der Waals surface area contributed by atoms with E-state index >= 15 is 0 Å². The summed E-state index contributed by atoms with van der Waals surface area (Å²) >= 11 is 3.38. The summed E-state index contributed by atoms with van der Waals surface area (Å²) in [6.07, 6.45) is 2.82. The highest BCUT2D eigenvalue weighted by Crippen LogP contribution is 2.19. The molecule has 1 aromatic heterocycles. The Morgan fingerprint density at radius 2 is 2.14 bits per heavy atom. The predicted octanol–water partition coefficient (Wildman–Crippen LogP) is 2.49. The number of aromatic nitrogens is 2. The zero-order valence-electron chi connectivity index (χ0n) is 8.47. The quantitative estimate of drug-likeness (QED) is 0.853. The maximum atomic E-state index is 4.32. The molecule has 0 bridgehead atoms. The van der Waals surface area contributed by atoms with Gasteiger partial charge in [-0.25, -0.2) is 4.98 Å². The number of hydrogen-bond acceptors (Lipinski definition) is 4. The molecule has 0 aliphatic rings. The number of rotatable bonds is 5. The molecule has 0 atom stereocenters. The summed E-state index contributed by atoms with van der Waals surface area (Å²) in [6.45, 7) is 5.89. The first-order valence-electron chi connectivity index (χ1n) is 4.78. The minimum Gasteiger partial charge on any atom is -0.369 e. The molecular formula is C9H15BrN4. The lowest BCUT2D eigenvalue weighted by Crippen LogP contribution is -2.07. The average Bonchev–Trinajstić information content (AvgIpc) is 2.19. The van der Waals surface area contributed by atoms with Crippen LogP contribution in [-0.2, 0) is 0 Å². The third kappa shape index (κ3) is 3.14. The summed E-state index contributed by atoms with van der Waals surface area (Å²) < 4.78 is 0.890. The maximum absolute atomic E-state index is 4.32. The molecule has 5 heteroatoms. The number of nitrogens with zero attached hydrogens (tertiary/aromatic N) is 2. The van der Waals surface area contributed by atoms with Crippen LogP contribution in [0, 0.1) is 0 Å². The van der Waals surface area contributed by atoms with Gasteiger partial charge in [-0.15, -0.1) is 0 Å². The molecular weight excluding hydrogens is 244 g/mol. The van der Waals surface area contributed by atoms with E-state index in [0.29, 0.717) is 5.95 Å². The van der Waals surface area contributed by atoms with Gasteiger partial charge in [-0.05, 0) is 29.3 Å². The number of nitrogens with one attached hydrogen (secondary N) is 2. The van der Waals surface area contributed by atoms with Crippen molar-refractivity contribution in [3.63, 3.8) is 0 Å². The summed E-state index contributed by atoms with van der Waals surface area (Å²) in [5.74, 6) is 1.51. The molecule has 0 spiro atoms. The maximum Gasteiger partial charge on any atom is 0.224 e. The Morgan fingerprint density at radius 3 is 2.79 bits per heavy atom. The van der Waals surface area contributed by atoms with E-state index in [-0.39, 0.29) is 0 Å². The van der Waals surface area contributed by atoms with Gasteiger partial charge in [0, 0.05) is 19.3 Å². The molecule has 0 fully saturated rings. The lowest BCUT2D eigenvalue weighted by atomic mass is 10.5. The average molecular weight is 259 g/mol. The first-order chi connectivity index (χ1) is 6.77. The summed E-state index contributed by atoms with van der Waals surface area (Å²) in [5, 5.41) is 6.29. The van der Waals surface area contributed by atoms with Crippen LogP contribution >= 0.6 is 15.9 Å². The van der Waals surface area contributed by atoms with Gasteiger partial charge in [-0.2, -0.15) is 4.98 Å². The van der Waals surface area contributed by atoms with E-state index in [1.165, 1.54) is 0 Å². The number of anilines is 2. The molecule has 14 heavy (non-hydrogen) atoms. The molecule has 78 valence electrons. The van der Waals surface area contributed by atoms with Crippen molar-refractivity contribution in [3.05, 3.63) is 10.7 Å². The standard InChI is InChI=1S/C9H15BrN4/c1-3-5-12-9-13-6-7(10)8(14-9)11-4-2/h6H,3-5H2,1-2H3,(H2,11,12,13,14).